The van der Waals surface area contributed by atoms with Gasteiger partial charge in [-0.2, -0.15) is 4.57 Å². The molecule has 1 amide bonds. The number of carbonyl (C=O) groups is 1. The lowest BCUT2D eigenvalue weighted by Crippen LogP contribution is -2.61. The summed E-state index contributed by atoms with van der Waals surface area (Å²) in [4.78, 5) is 12.8. The Labute approximate surface area is 155 Å². The highest BCUT2D eigenvalue weighted by Gasteiger charge is 2.51. The molecule has 0 unspecified atom stereocenters. The van der Waals surface area contributed by atoms with Gasteiger partial charge >= 0.3 is 0 Å². The number of hydrogen-bond acceptors (Lipinski definition) is 1. The van der Waals surface area contributed by atoms with Crippen LogP contribution in [0.2, 0.25) is 0 Å². The van der Waals surface area contributed by atoms with Crippen LogP contribution in [-0.4, -0.2) is 11.4 Å². The van der Waals surface area contributed by atoms with Crippen molar-refractivity contribution in [3.05, 3.63) is 54.9 Å². The fourth-order valence-electron chi connectivity index (χ4n) is 6.19. The fraction of sp³-hybridized carbons (Fsp3) is 0.478. The molecule has 3 nitrogen and oxygen atoms in total. The average Bonchev–Trinajstić information content (AvgIpc) is 2.61. The molecule has 4 aliphatic carbocycles. The third-order valence-electron chi connectivity index (χ3n) is 6.73. The molecule has 0 atom stereocenters. The second-order valence-electron chi connectivity index (χ2n) is 8.88. The van der Waals surface area contributed by atoms with Gasteiger partial charge in [-0.3, -0.25) is 4.79 Å². The maximum atomic E-state index is 12.8. The first-order valence-electron chi connectivity index (χ1n) is 10.0. The molecule has 134 valence electrons. The van der Waals surface area contributed by atoms with Gasteiger partial charge in [0.2, 0.25) is 6.54 Å². The van der Waals surface area contributed by atoms with Crippen molar-refractivity contribution in [3.8, 4) is 11.1 Å². The van der Waals surface area contributed by atoms with Crippen molar-refractivity contribution in [2.75, 3.05) is 0 Å². The Morgan fingerprint density at radius 1 is 0.923 bits per heavy atom. The van der Waals surface area contributed by atoms with E-state index in [-0.39, 0.29) is 11.4 Å². The molecule has 26 heavy (non-hydrogen) atoms. The van der Waals surface area contributed by atoms with Crippen molar-refractivity contribution >= 4 is 5.91 Å². The molecule has 1 aromatic carbocycles. The summed E-state index contributed by atoms with van der Waals surface area (Å²) >= 11 is 0. The van der Waals surface area contributed by atoms with Crippen molar-refractivity contribution in [3.63, 3.8) is 0 Å². The molecule has 4 bridgehead atoms. The van der Waals surface area contributed by atoms with Crippen LogP contribution in [0.5, 0.6) is 0 Å². The normalized spacial score (nSPS) is 31.8. The molecule has 0 aliphatic heterocycles. The van der Waals surface area contributed by atoms with Gasteiger partial charge in [-0.25, -0.2) is 0 Å². The van der Waals surface area contributed by atoms with E-state index in [9.17, 15) is 4.79 Å². The van der Waals surface area contributed by atoms with E-state index < -0.39 is 0 Å². The molecule has 0 radical (unpaired) electrons. The van der Waals surface area contributed by atoms with Gasteiger partial charge < -0.3 is 5.32 Å². The van der Waals surface area contributed by atoms with Gasteiger partial charge in [0.25, 0.3) is 5.91 Å². The van der Waals surface area contributed by atoms with E-state index in [4.69, 9.17) is 0 Å². The van der Waals surface area contributed by atoms with Gasteiger partial charge in [-0.05, 0) is 67.9 Å². The predicted octanol–water partition coefficient (Wildman–Crippen LogP) is 3.73. The quantitative estimate of drug-likeness (QED) is 0.840. The van der Waals surface area contributed by atoms with Crippen LogP contribution in [0.4, 0.5) is 0 Å². The van der Waals surface area contributed by atoms with Gasteiger partial charge in [-0.1, -0.05) is 30.3 Å². The van der Waals surface area contributed by atoms with E-state index in [2.05, 4.69) is 29.7 Å². The average molecular weight is 347 g/mol. The molecule has 1 aromatic heterocycles. The third-order valence-corrected chi connectivity index (χ3v) is 6.73. The number of benzene rings is 1. The molecule has 4 aliphatic rings. The molecular weight excluding hydrogens is 320 g/mol. The van der Waals surface area contributed by atoms with Crippen LogP contribution in [-0.2, 0) is 11.3 Å². The zero-order valence-corrected chi connectivity index (χ0v) is 15.2. The lowest BCUT2D eigenvalue weighted by atomic mass is 9.53. The summed E-state index contributed by atoms with van der Waals surface area (Å²) in [6.45, 7) is 0.405. The van der Waals surface area contributed by atoms with Crippen molar-refractivity contribution < 1.29 is 9.36 Å². The molecule has 6 rings (SSSR count). The van der Waals surface area contributed by atoms with Crippen LogP contribution >= 0.6 is 0 Å². The summed E-state index contributed by atoms with van der Waals surface area (Å²) in [6.07, 6.45) is 11.9. The lowest BCUT2D eigenvalue weighted by Gasteiger charge is -2.56. The molecular formula is C23H27N2O+. The van der Waals surface area contributed by atoms with E-state index >= 15 is 0 Å². The van der Waals surface area contributed by atoms with E-state index in [1.165, 1.54) is 44.1 Å². The van der Waals surface area contributed by atoms with Gasteiger partial charge in [0.05, 0.1) is 0 Å². The van der Waals surface area contributed by atoms with Crippen molar-refractivity contribution in [1.29, 1.82) is 0 Å². The Bertz CT molecular complexity index is 779. The van der Waals surface area contributed by atoms with E-state index in [1.54, 1.807) is 0 Å². The van der Waals surface area contributed by atoms with Crippen molar-refractivity contribution in [2.24, 2.45) is 17.8 Å². The Kier molecular flexibility index (Phi) is 3.84. The van der Waals surface area contributed by atoms with E-state index in [0.29, 0.717) is 6.54 Å². The molecule has 4 saturated carbocycles. The van der Waals surface area contributed by atoms with Gasteiger partial charge in [0.1, 0.15) is 0 Å². The van der Waals surface area contributed by atoms with E-state index in [1.807, 2.05) is 35.0 Å². The zero-order chi connectivity index (χ0) is 17.6. The second-order valence-corrected chi connectivity index (χ2v) is 8.88. The lowest BCUT2D eigenvalue weighted by molar-refractivity contribution is -0.684. The summed E-state index contributed by atoms with van der Waals surface area (Å²) in [6, 6.07) is 14.5. The van der Waals surface area contributed by atoms with Crippen LogP contribution in [0.3, 0.4) is 0 Å². The number of nitrogens with zero attached hydrogens (tertiary/aromatic N) is 1. The summed E-state index contributed by atoms with van der Waals surface area (Å²) in [5.74, 6) is 2.74. The first kappa shape index (κ1) is 16.0. The first-order valence-corrected chi connectivity index (χ1v) is 10.0. The summed E-state index contributed by atoms with van der Waals surface area (Å²) in [7, 11) is 0. The van der Waals surface area contributed by atoms with Crippen LogP contribution in [0, 0.1) is 17.8 Å². The maximum Gasteiger partial charge on any atom is 0.286 e. The number of aromatic nitrogens is 1. The Balaban J connectivity index is 1.29. The Morgan fingerprint density at radius 3 is 2.19 bits per heavy atom. The minimum Gasteiger partial charge on any atom is -0.345 e. The summed E-state index contributed by atoms with van der Waals surface area (Å²) in [5, 5.41) is 3.47. The number of amides is 1. The fourth-order valence-corrected chi connectivity index (χ4v) is 6.19. The summed E-state index contributed by atoms with van der Waals surface area (Å²) < 4.78 is 2.01. The minimum absolute atomic E-state index is 0.101. The number of carbonyl (C=O) groups excluding carboxylic acids is 1. The second kappa shape index (κ2) is 6.22. The molecule has 2 aromatic rings. The zero-order valence-electron chi connectivity index (χ0n) is 15.2. The van der Waals surface area contributed by atoms with Crippen LogP contribution in [0.25, 0.3) is 11.1 Å². The van der Waals surface area contributed by atoms with Crippen LogP contribution < -0.4 is 9.88 Å². The molecule has 1 N–H and O–H groups in total. The van der Waals surface area contributed by atoms with Crippen LogP contribution in [0.1, 0.15) is 38.5 Å². The highest BCUT2D eigenvalue weighted by Crippen LogP contribution is 2.55. The predicted molar refractivity (Wildman–Crippen MR) is 101 cm³/mol. The monoisotopic (exact) mass is 347 g/mol. The van der Waals surface area contributed by atoms with Gasteiger partial charge in [0.15, 0.2) is 12.4 Å². The largest absolute Gasteiger partial charge is 0.345 e. The number of hydrogen-bond donors (Lipinski definition) is 1. The molecule has 0 spiro atoms. The van der Waals surface area contributed by atoms with Crippen molar-refractivity contribution in [2.45, 2.75) is 50.6 Å². The third kappa shape index (κ3) is 3.04. The summed E-state index contributed by atoms with van der Waals surface area (Å²) in [5.41, 5.74) is 2.43. The molecule has 1 heterocycles. The van der Waals surface area contributed by atoms with Gasteiger partial charge in [0, 0.05) is 17.2 Å². The standard InChI is InChI=1S/C23H26N2O/c26-22(24-23-12-17-9-18(13-23)11-19(10-17)14-23)16-25-8-4-7-21(15-25)20-5-2-1-3-6-20/h1-8,15,17-19H,9-14,16H2/p+1. The van der Waals surface area contributed by atoms with Crippen LogP contribution in [0.15, 0.2) is 54.9 Å². The molecule has 3 heteroatoms. The maximum absolute atomic E-state index is 12.8. The Hall–Kier alpha value is -2.16. The number of pyridine rings is 1. The van der Waals surface area contributed by atoms with E-state index in [0.717, 1.165) is 23.3 Å². The van der Waals surface area contributed by atoms with Crippen molar-refractivity contribution in [1.82, 2.24) is 5.32 Å². The van der Waals surface area contributed by atoms with Gasteiger partial charge in [-0.15, -0.1) is 0 Å². The first-order chi connectivity index (χ1) is 12.7. The Morgan fingerprint density at radius 2 is 1.54 bits per heavy atom. The highest BCUT2D eigenvalue weighted by atomic mass is 16.2. The number of rotatable bonds is 4. The SMILES string of the molecule is O=C(C[n+]1cccc(-c2ccccc2)c1)NC12CC3CC(CC(C3)C1)C2. The smallest absolute Gasteiger partial charge is 0.286 e. The topological polar surface area (TPSA) is 33.0 Å². The highest BCUT2D eigenvalue weighted by molar-refractivity contribution is 5.75. The minimum atomic E-state index is 0.101. The molecule has 0 saturated heterocycles. The number of nitrogens with one attached hydrogen (secondary N) is 1. The molecule has 4 fully saturated rings.